The molecule has 0 unspecified atom stereocenters. The molecule has 7 heteroatoms. The molecule has 0 aliphatic carbocycles. The van der Waals surface area contributed by atoms with Crippen molar-refractivity contribution in [1.29, 1.82) is 0 Å². The van der Waals surface area contributed by atoms with Crippen LogP contribution in [0.2, 0.25) is 5.02 Å². The summed E-state index contributed by atoms with van der Waals surface area (Å²) >= 11 is 5.98. The smallest absolute Gasteiger partial charge is 0.251 e. The Bertz CT molecular complexity index is 1230. The van der Waals surface area contributed by atoms with Gasteiger partial charge in [0.1, 0.15) is 17.2 Å². The van der Waals surface area contributed by atoms with Crippen LogP contribution >= 0.6 is 11.6 Å². The maximum absolute atomic E-state index is 12.4. The molecule has 0 heterocycles. The Morgan fingerprint density at radius 1 is 0.925 bits per heavy atom. The summed E-state index contributed by atoms with van der Waals surface area (Å²) in [4.78, 5) is 14.9. The van der Waals surface area contributed by atoms with E-state index in [1.807, 2.05) is 30.3 Å². The average molecular weight is 567 g/mol. The van der Waals surface area contributed by atoms with Gasteiger partial charge in [-0.25, -0.2) is 0 Å². The van der Waals surface area contributed by atoms with Crippen LogP contribution in [0.1, 0.15) is 66.7 Å². The van der Waals surface area contributed by atoms with Crippen molar-refractivity contribution in [2.45, 2.75) is 72.4 Å². The maximum Gasteiger partial charge on any atom is 0.251 e. The summed E-state index contributed by atoms with van der Waals surface area (Å²) in [5.41, 5.74) is 4.21. The molecule has 0 bridgehead atoms. The molecule has 0 saturated heterocycles. The van der Waals surface area contributed by atoms with Gasteiger partial charge in [0.15, 0.2) is 0 Å². The van der Waals surface area contributed by atoms with Crippen LogP contribution < -0.4 is 10.1 Å². The molecular weight excluding hydrogens is 524 g/mol. The molecule has 0 fully saturated rings. The first-order chi connectivity index (χ1) is 19.0. The predicted octanol–water partition coefficient (Wildman–Crippen LogP) is 6.71. The molecule has 40 heavy (non-hydrogen) atoms. The third-order valence-electron chi connectivity index (χ3n) is 7.13. The van der Waals surface area contributed by atoms with E-state index in [-0.39, 0.29) is 16.7 Å². The van der Waals surface area contributed by atoms with E-state index in [1.54, 1.807) is 19.1 Å². The number of phenols is 2. The standard InChI is InChI=1S/C33H43ClN2O4/c1-22(2)36(23(3)4)17-6-7-27-20-26(10-13-31(27)37)15-18-40-29-11-8-25(9-12-29)14-16-35-33(39)28-19-24(5)32(38)30(34)21-28/h8-13,19-23,37-38H,6-7,14-18H2,1-5H3,(H,35,39). The lowest BCUT2D eigenvalue weighted by atomic mass is 10.0. The molecule has 0 saturated carbocycles. The van der Waals surface area contributed by atoms with Gasteiger partial charge in [0.25, 0.3) is 5.91 Å². The number of hydrogen-bond acceptors (Lipinski definition) is 5. The second-order valence-electron chi connectivity index (χ2n) is 10.9. The van der Waals surface area contributed by atoms with Crippen molar-refractivity contribution < 1.29 is 19.7 Å². The van der Waals surface area contributed by atoms with Crippen LogP contribution in [0.4, 0.5) is 0 Å². The molecule has 1 amide bonds. The van der Waals surface area contributed by atoms with E-state index >= 15 is 0 Å². The Balaban J connectivity index is 1.42. The number of benzene rings is 3. The van der Waals surface area contributed by atoms with Gasteiger partial charge in [0.2, 0.25) is 0 Å². The first-order valence-corrected chi connectivity index (χ1v) is 14.5. The molecule has 0 radical (unpaired) electrons. The first kappa shape index (κ1) is 31.3. The molecule has 0 atom stereocenters. The molecule has 0 aromatic heterocycles. The molecular formula is C33H43ClN2O4. The topological polar surface area (TPSA) is 82.0 Å². The highest BCUT2D eigenvalue weighted by molar-refractivity contribution is 6.32. The molecule has 3 rings (SSSR count). The van der Waals surface area contributed by atoms with Gasteiger partial charge in [-0.3, -0.25) is 9.69 Å². The molecule has 0 aliphatic heterocycles. The molecule has 216 valence electrons. The highest BCUT2D eigenvalue weighted by Gasteiger charge is 2.14. The van der Waals surface area contributed by atoms with Crippen LogP contribution in [0.5, 0.6) is 17.2 Å². The summed E-state index contributed by atoms with van der Waals surface area (Å²) < 4.78 is 5.96. The lowest BCUT2D eigenvalue weighted by Gasteiger charge is -2.30. The number of carbonyl (C=O) groups is 1. The van der Waals surface area contributed by atoms with Crippen LogP contribution in [0, 0.1) is 6.92 Å². The van der Waals surface area contributed by atoms with Gasteiger partial charge < -0.3 is 20.3 Å². The van der Waals surface area contributed by atoms with Crippen molar-refractivity contribution in [3.8, 4) is 17.2 Å². The van der Waals surface area contributed by atoms with E-state index in [1.165, 1.54) is 6.07 Å². The zero-order valence-electron chi connectivity index (χ0n) is 24.3. The Kier molecular flexibility index (Phi) is 11.7. The summed E-state index contributed by atoms with van der Waals surface area (Å²) in [7, 11) is 0. The van der Waals surface area contributed by atoms with Crippen molar-refractivity contribution in [3.63, 3.8) is 0 Å². The largest absolute Gasteiger partial charge is 0.508 e. The zero-order valence-corrected chi connectivity index (χ0v) is 25.1. The van der Waals surface area contributed by atoms with E-state index in [0.29, 0.717) is 48.5 Å². The number of rotatable bonds is 14. The Labute approximate surface area is 243 Å². The van der Waals surface area contributed by atoms with E-state index in [4.69, 9.17) is 16.3 Å². The number of nitrogens with one attached hydrogen (secondary N) is 1. The first-order valence-electron chi connectivity index (χ1n) is 14.1. The van der Waals surface area contributed by atoms with Crippen molar-refractivity contribution >= 4 is 17.5 Å². The molecule has 0 aliphatic rings. The minimum atomic E-state index is -0.226. The minimum absolute atomic E-state index is 0.000763. The van der Waals surface area contributed by atoms with E-state index in [9.17, 15) is 15.0 Å². The Hall–Kier alpha value is -3.22. The van der Waals surface area contributed by atoms with Gasteiger partial charge in [-0.1, -0.05) is 35.9 Å². The third kappa shape index (κ3) is 9.17. The molecule has 6 nitrogen and oxygen atoms in total. The number of nitrogens with zero attached hydrogens (tertiary/aromatic N) is 1. The fourth-order valence-corrected chi connectivity index (χ4v) is 5.16. The van der Waals surface area contributed by atoms with E-state index < -0.39 is 0 Å². The Morgan fingerprint density at radius 3 is 2.25 bits per heavy atom. The summed E-state index contributed by atoms with van der Waals surface area (Å²) in [6.07, 6.45) is 3.29. The van der Waals surface area contributed by atoms with Gasteiger partial charge in [0.05, 0.1) is 11.6 Å². The van der Waals surface area contributed by atoms with Crippen LogP contribution in [-0.4, -0.2) is 52.8 Å². The van der Waals surface area contributed by atoms with Crippen molar-refractivity contribution in [3.05, 3.63) is 87.4 Å². The number of aryl methyl sites for hydroxylation is 2. The van der Waals surface area contributed by atoms with Crippen LogP contribution in [0.3, 0.4) is 0 Å². The molecule has 0 spiro atoms. The van der Waals surface area contributed by atoms with Gasteiger partial charge in [-0.05, 0) is 113 Å². The quantitative estimate of drug-likeness (QED) is 0.202. The number of ether oxygens (including phenoxy) is 1. The lowest BCUT2D eigenvalue weighted by Crippen LogP contribution is -2.37. The van der Waals surface area contributed by atoms with Gasteiger partial charge in [0, 0.05) is 30.6 Å². The summed E-state index contributed by atoms with van der Waals surface area (Å²) in [5.74, 6) is 0.928. The van der Waals surface area contributed by atoms with E-state index in [2.05, 4.69) is 44.0 Å². The summed E-state index contributed by atoms with van der Waals surface area (Å²) in [6.45, 7) is 12.6. The van der Waals surface area contributed by atoms with Gasteiger partial charge in [-0.15, -0.1) is 0 Å². The van der Waals surface area contributed by atoms with Crippen molar-refractivity contribution in [2.75, 3.05) is 19.7 Å². The molecule has 3 aromatic carbocycles. The highest BCUT2D eigenvalue weighted by atomic mass is 35.5. The van der Waals surface area contributed by atoms with E-state index in [0.717, 1.165) is 48.2 Å². The molecule has 3 N–H and O–H groups in total. The monoisotopic (exact) mass is 566 g/mol. The van der Waals surface area contributed by atoms with Gasteiger partial charge in [-0.2, -0.15) is 0 Å². The highest BCUT2D eigenvalue weighted by Crippen LogP contribution is 2.28. The number of aromatic hydroxyl groups is 2. The number of carbonyl (C=O) groups excluding carboxylic acids is 1. The normalized spacial score (nSPS) is 11.4. The SMILES string of the molecule is Cc1cc(C(=O)NCCc2ccc(OCCc3ccc(O)c(CCCN(C(C)C)C(C)C)c3)cc2)cc(Cl)c1O. The minimum Gasteiger partial charge on any atom is -0.508 e. The van der Waals surface area contributed by atoms with Crippen molar-refractivity contribution in [1.82, 2.24) is 10.2 Å². The predicted molar refractivity (Wildman–Crippen MR) is 163 cm³/mol. The van der Waals surface area contributed by atoms with Gasteiger partial charge >= 0.3 is 0 Å². The average Bonchev–Trinajstić information content (AvgIpc) is 2.91. The second-order valence-corrected chi connectivity index (χ2v) is 11.3. The Morgan fingerprint density at radius 2 is 1.60 bits per heavy atom. The fraction of sp³-hybridized carbons (Fsp3) is 0.424. The van der Waals surface area contributed by atoms with Crippen LogP contribution in [0.25, 0.3) is 0 Å². The third-order valence-corrected chi connectivity index (χ3v) is 7.42. The van der Waals surface area contributed by atoms with Crippen LogP contribution in [-0.2, 0) is 19.3 Å². The fourth-order valence-electron chi connectivity index (χ4n) is 4.89. The summed E-state index contributed by atoms with van der Waals surface area (Å²) in [5, 5.41) is 23.2. The number of phenolic OH excluding ortho intramolecular Hbond substituents is 2. The second kappa shape index (κ2) is 15.0. The summed E-state index contributed by atoms with van der Waals surface area (Å²) in [6, 6.07) is 17.8. The van der Waals surface area contributed by atoms with Crippen molar-refractivity contribution in [2.24, 2.45) is 0 Å². The van der Waals surface area contributed by atoms with Crippen LogP contribution in [0.15, 0.2) is 54.6 Å². The number of amides is 1. The lowest BCUT2D eigenvalue weighted by molar-refractivity contribution is 0.0954. The maximum atomic E-state index is 12.4. The zero-order chi connectivity index (χ0) is 29.2. The number of hydrogen-bond donors (Lipinski definition) is 3. The number of halogens is 1. The molecule has 3 aromatic rings.